The van der Waals surface area contributed by atoms with Crippen LogP contribution in [0.1, 0.15) is 23.9 Å². The number of benzene rings is 1. The quantitative estimate of drug-likeness (QED) is 0.474. The number of alkyl halides is 2. The molecule has 3 aromatic heterocycles. The van der Waals surface area contributed by atoms with Crippen molar-refractivity contribution in [3.63, 3.8) is 0 Å². The highest BCUT2D eigenvalue weighted by Gasteiger charge is 2.23. The molecule has 11 heteroatoms. The second-order valence-electron chi connectivity index (χ2n) is 7.03. The zero-order chi connectivity index (χ0) is 21.5. The Kier molecular flexibility index (Phi) is 4.80. The van der Waals surface area contributed by atoms with Gasteiger partial charge in [-0.2, -0.15) is 4.68 Å². The van der Waals surface area contributed by atoms with E-state index in [1.165, 1.54) is 29.4 Å². The average molecular weight is 416 g/mol. The van der Waals surface area contributed by atoms with Crippen molar-refractivity contribution in [3.05, 3.63) is 74.8 Å². The molecule has 1 aromatic carbocycles. The monoisotopic (exact) mass is 416 g/mol. The molecule has 0 fully saturated rings. The van der Waals surface area contributed by atoms with Crippen molar-refractivity contribution >= 4 is 11.2 Å². The number of hydrogen-bond donors (Lipinski definition) is 0. The van der Waals surface area contributed by atoms with Crippen molar-refractivity contribution in [2.45, 2.75) is 32.4 Å². The lowest BCUT2D eigenvalue weighted by Gasteiger charge is -2.10. The van der Waals surface area contributed by atoms with Crippen molar-refractivity contribution in [1.82, 2.24) is 28.9 Å². The summed E-state index contributed by atoms with van der Waals surface area (Å²) in [7, 11) is 1.69. The summed E-state index contributed by atoms with van der Waals surface area (Å²) >= 11 is 0. The van der Waals surface area contributed by atoms with Gasteiger partial charge in [-0.1, -0.05) is 24.3 Å². The number of imidazole rings is 1. The fourth-order valence-corrected chi connectivity index (χ4v) is 3.08. The number of rotatable bonds is 6. The lowest BCUT2D eigenvalue weighted by Crippen LogP contribution is -2.22. The molecule has 3 heterocycles. The third kappa shape index (κ3) is 3.78. The van der Waals surface area contributed by atoms with Crippen LogP contribution < -0.4 is 11.3 Å². The molecule has 4 aromatic rings. The van der Waals surface area contributed by atoms with Crippen LogP contribution >= 0.6 is 0 Å². The summed E-state index contributed by atoms with van der Waals surface area (Å²) < 4.78 is 35.7. The summed E-state index contributed by atoms with van der Waals surface area (Å²) in [4.78, 5) is 32.8. The molecule has 0 unspecified atom stereocenters. The third-order valence-corrected chi connectivity index (χ3v) is 4.73. The van der Waals surface area contributed by atoms with E-state index in [0.717, 1.165) is 17.2 Å². The second-order valence-corrected chi connectivity index (χ2v) is 7.03. The molecule has 0 bridgehead atoms. The molecule has 4 rings (SSSR count). The van der Waals surface area contributed by atoms with Gasteiger partial charge in [0.05, 0.1) is 12.9 Å². The van der Waals surface area contributed by atoms with Crippen LogP contribution in [0, 0.1) is 0 Å². The Morgan fingerprint density at radius 1 is 1.10 bits per heavy atom. The predicted octanol–water partition coefficient (Wildman–Crippen LogP) is 1.68. The van der Waals surface area contributed by atoms with Gasteiger partial charge in [0.15, 0.2) is 11.2 Å². The number of halogens is 2. The topological polar surface area (TPSA) is 101 Å². The Balaban J connectivity index is 1.49. The number of aromatic nitrogens is 6. The van der Waals surface area contributed by atoms with Crippen LogP contribution in [0.3, 0.4) is 0 Å². The Morgan fingerprint density at radius 2 is 1.80 bits per heavy atom. The molecule has 0 spiro atoms. The standard InChI is InChI=1S/C19H18F2N6O3/c1-19(20,21)13-5-3-12(4-6-13)7-8-27-18(29)30-14(24-27)9-26-11-23-16-15(17(26)28)25(2)10-22-16/h3-6,10-11H,7-9H2,1-2H3. The molecule has 9 nitrogen and oxygen atoms in total. The van der Waals surface area contributed by atoms with E-state index in [0.29, 0.717) is 17.6 Å². The summed E-state index contributed by atoms with van der Waals surface area (Å²) in [6.45, 7) is 0.985. The first-order valence-electron chi connectivity index (χ1n) is 9.13. The molecule has 0 amide bonds. The van der Waals surface area contributed by atoms with E-state index in [2.05, 4.69) is 15.1 Å². The van der Waals surface area contributed by atoms with Crippen molar-refractivity contribution in [3.8, 4) is 0 Å². The molecule has 0 saturated heterocycles. The van der Waals surface area contributed by atoms with E-state index in [9.17, 15) is 18.4 Å². The first-order chi connectivity index (χ1) is 14.2. The van der Waals surface area contributed by atoms with Gasteiger partial charge in [0.2, 0.25) is 5.89 Å². The van der Waals surface area contributed by atoms with Crippen LogP contribution in [0.2, 0.25) is 0 Å². The molecule has 0 radical (unpaired) electrons. The van der Waals surface area contributed by atoms with Crippen molar-refractivity contribution < 1.29 is 13.2 Å². The zero-order valence-electron chi connectivity index (χ0n) is 16.2. The van der Waals surface area contributed by atoms with Gasteiger partial charge in [-0.15, -0.1) is 5.10 Å². The maximum atomic E-state index is 13.3. The first-order valence-corrected chi connectivity index (χ1v) is 9.13. The normalized spacial score (nSPS) is 12.0. The van der Waals surface area contributed by atoms with Gasteiger partial charge in [0, 0.05) is 19.5 Å². The lowest BCUT2D eigenvalue weighted by molar-refractivity contribution is 0.0174. The predicted molar refractivity (Wildman–Crippen MR) is 102 cm³/mol. The van der Waals surface area contributed by atoms with Crippen molar-refractivity contribution in [2.24, 2.45) is 7.05 Å². The maximum absolute atomic E-state index is 13.3. The minimum absolute atomic E-state index is 0.0600. The fourth-order valence-electron chi connectivity index (χ4n) is 3.08. The first kappa shape index (κ1) is 19.7. The molecule has 30 heavy (non-hydrogen) atoms. The number of fused-ring (bicyclic) bond motifs is 1. The van der Waals surface area contributed by atoms with E-state index < -0.39 is 11.7 Å². The highest BCUT2D eigenvalue weighted by molar-refractivity contribution is 5.68. The van der Waals surface area contributed by atoms with Gasteiger partial charge in [-0.3, -0.25) is 9.36 Å². The highest BCUT2D eigenvalue weighted by Crippen LogP contribution is 2.26. The third-order valence-electron chi connectivity index (χ3n) is 4.73. The van der Waals surface area contributed by atoms with Crippen LogP contribution in [0.5, 0.6) is 0 Å². The van der Waals surface area contributed by atoms with Crippen LogP contribution in [0.4, 0.5) is 8.78 Å². The van der Waals surface area contributed by atoms with Crippen LogP contribution in [-0.2, 0) is 32.5 Å². The molecule has 156 valence electrons. The zero-order valence-corrected chi connectivity index (χ0v) is 16.2. The van der Waals surface area contributed by atoms with E-state index in [4.69, 9.17) is 4.42 Å². The van der Waals surface area contributed by atoms with Crippen LogP contribution in [0.15, 0.2) is 50.9 Å². The van der Waals surface area contributed by atoms with Gasteiger partial charge in [0.1, 0.15) is 12.9 Å². The number of aryl methyl sites for hydroxylation is 3. The van der Waals surface area contributed by atoms with Gasteiger partial charge >= 0.3 is 5.76 Å². The Morgan fingerprint density at radius 3 is 2.50 bits per heavy atom. The van der Waals surface area contributed by atoms with Crippen molar-refractivity contribution in [1.29, 1.82) is 0 Å². The van der Waals surface area contributed by atoms with Crippen LogP contribution in [0.25, 0.3) is 11.2 Å². The van der Waals surface area contributed by atoms with E-state index in [1.807, 2.05) is 0 Å². The second kappa shape index (κ2) is 7.32. The average Bonchev–Trinajstić information content (AvgIpc) is 3.24. The molecule has 0 atom stereocenters. The summed E-state index contributed by atoms with van der Waals surface area (Å²) in [6.07, 6.45) is 3.22. The number of nitrogens with zero attached hydrogens (tertiary/aromatic N) is 6. The minimum atomic E-state index is -2.90. The van der Waals surface area contributed by atoms with Gasteiger partial charge in [-0.05, 0) is 12.0 Å². The van der Waals surface area contributed by atoms with E-state index in [1.54, 1.807) is 23.7 Å². The minimum Gasteiger partial charge on any atom is -0.390 e. The van der Waals surface area contributed by atoms with E-state index >= 15 is 0 Å². The molecule has 0 aliphatic rings. The molecular formula is C19H18F2N6O3. The lowest BCUT2D eigenvalue weighted by atomic mass is 10.1. The van der Waals surface area contributed by atoms with Crippen molar-refractivity contribution in [2.75, 3.05) is 0 Å². The summed E-state index contributed by atoms with van der Waals surface area (Å²) in [6, 6.07) is 5.90. The Hall–Kier alpha value is -3.63. The molecule has 0 aliphatic heterocycles. The Bertz CT molecular complexity index is 1310. The smallest absolute Gasteiger partial charge is 0.390 e. The molecular weight excluding hydrogens is 398 g/mol. The van der Waals surface area contributed by atoms with Gasteiger partial charge < -0.3 is 8.98 Å². The SMILES string of the molecule is Cn1cnc2ncn(Cc3nn(CCc4ccc(C(C)(F)F)cc4)c(=O)o3)c(=O)c21. The molecule has 0 saturated carbocycles. The van der Waals surface area contributed by atoms with Gasteiger partial charge in [0.25, 0.3) is 11.5 Å². The summed E-state index contributed by atoms with van der Waals surface area (Å²) in [5.41, 5.74) is 1.04. The highest BCUT2D eigenvalue weighted by atomic mass is 19.3. The van der Waals surface area contributed by atoms with Crippen LogP contribution in [-0.4, -0.2) is 28.9 Å². The van der Waals surface area contributed by atoms with Gasteiger partial charge in [-0.25, -0.2) is 23.5 Å². The number of hydrogen-bond acceptors (Lipinski definition) is 6. The molecule has 0 aliphatic carbocycles. The largest absolute Gasteiger partial charge is 0.437 e. The fraction of sp³-hybridized carbons (Fsp3) is 0.316. The summed E-state index contributed by atoms with van der Waals surface area (Å²) in [5.74, 6) is -3.50. The maximum Gasteiger partial charge on any atom is 0.437 e. The van der Waals surface area contributed by atoms with E-state index in [-0.39, 0.29) is 30.1 Å². The summed E-state index contributed by atoms with van der Waals surface area (Å²) in [5, 5.41) is 4.12. The Labute approximate surface area is 168 Å². The molecule has 0 N–H and O–H groups in total.